The second-order valence-electron chi connectivity index (χ2n) is 17.7. The molecule has 0 bridgehead atoms. The van der Waals surface area contributed by atoms with E-state index in [-0.39, 0.29) is 10.8 Å². The van der Waals surface area contributed by atoms with Crippen LogP contribution in [0.5, 0.6) is 0 Å². The topological polar surface area (TPSA) is 3.24 Å². The summed E-state index contributed by atoms with van der Waals surface area (Å²) < 4.78 is 0. The summed E-state index contributed by atoms with van der Waals surface area (Å²) in [6.45, 7) is 9.43. The van der Waals surface area contributed by atoms with Crippen LogP contribution in [-0.2, 0) is 17.3 Å². The second kappa shape index (κ2) is 13.4. The van der Waals surface area contributed by atoms with Gasteiger partial charge in [0.15, 0.2) is 0 Å². The molecule has 0 heterocycles. The largest absolute Gasteiger partial charge is 0.310 e. The molecule has 0 unspecified atom stereocenters. The molecule has 1 heteroatoms. The van der Waals surface area contributed by atoms with E-state index in [1.54, 1.807) is 0 Å². The third kappa shape index (κ3) is 5.75. The van der Waals surface area contributed by atoms with Crippen LogP contribution in [0.1, 0.15) is 67.5 Å². The first-order chi connectivity index (χ1) is 28.7. The molecule has 0 atom stereocenters. The van der Waals surface area contributed by atoms with E-state index >= 15 is 0 Å². The van der Waals surface area contributed by atoms with E-state index < -0.39 is 0 Å². The monoisotopic (exact) mass is 757 g/mol. The van der Waals surface area contributed by atoms with E-state index in [1.807, 2.05) is 0 Å². The van der Waals surface area contributed by atoms with Gasteiger partial charge in [0.05, 0.1) is 0 Å². The van der Waals surface area contributed by atoms with Crippen molar-refractivity contribution >= 4 is 23.1 Å². The van der Waals surface area contributed by atoms with Crippen molar-refractivity contribution in [2.45, 2.75) is 51.4 Å². The maximum atomic E-state index is 2.43. The lowest BCUT2D eigenvalue weighted by Crippen LogP contribution is -2.16. The van der Waals surface area contributed by atoms with Crippen LogP contribution < -0.4 is 4.90 Å². The Labute approximate surface area is 349 Å². The Morgan fingerprint density at radius 3 is 1.49 bits per heavy atom. The highest BCUT2D eigenvalue weighted by molar-refractivity contribution is 5.88. The van der Waals surface area contributed by atoms with Gasteiger partial charge in [-0.15, -0.1) is 0 Å². The summed E-state index contributed by atoms with van der Waals surface area (Å²) in [4.78, 5) is 2.42. The van der Waals surface area contributed by atoms with Crippen molar-refractivity contribution in [1.29, 1.82) is 0 Å². The van der Waals surface area contributed by atoms with Crippen LogP contribution in [0.4, 0.5) is 17.1 Å². The average Bonchev–Trinajstić information content (AvgIpc) is 3.66. The Kier molecular flexibility index (Phi) is 8.07. The molecule has 59 heavy (non-hydrogen) atoms. The van der Waals surface area contributed by atoms with E-state index in [0.717, 1.165) is 29.9 Å². The predicted octanol–water partition coefficient (Wildman–Crippen LogP) is 15.7. The van der Waals surface area contributed by atoms with Crippen LogP contribution in [0, 0.1) is 0 Å². The minimum absolute atomic E-state index is 0.0357. The molecule has 8 aromatic rings. The summed E-state index contributed by atoms with van der Waals surface area (Å²) in [5, 5.41) is 0. The van der Waals surface area contributed by atoms with Gasteiger partial charge >= 0.3 is 0 Å². The summed E-state index contributed by atoms with van der Waals surface area (Å²) in [7, 11) is 0. The van der Waals surface area contributed by atoms with Gasteiger partial charge < -0.3 is 4.90 Å². The van der Waals surface area contributed by atoms with Gasteiger partial charge in [0.1, 0.15) is 0 Å². The highest BCUT2D eigenvalue weighted by atomic mass is 15.1. The number of fused-ring (bicyclic) bond motifs is 7. The standard InChI is InChI=1S/C58H47N/c1-57(2)53-18-9-7-16-49(53)51-32-26-45(36-55(51)57)40-24-29-47(30-25-40)59(48-31-33-52-50-17-8-10-19-54(50)58(3,4)56(52)37-48)46-27-22-39(23-28-46)42-14-11-15-43(34-42)44-21-20-38-12-5-6-13-41(38)35-44/h5,7-12,14-37H,6,13H2,1-4H3. The van der Waals surface area contributed by atoms with Gasteiger partial charge in [0.2, 0.25) is 0 Å². The number of allylic oxidation sites excluding steroid dienone is 1. The molecule has 0 aliphatic heterocycles. The molecule has 8 aromatic carbocycles. The van der Waals surface area contributed by atoms with E-state index in [0.29, 0.717) is 0 Å². The molecule has 0 fully saturated rings. The Hall–Kier alpha value is -6.70. The second-order valence-corrected chi connectivity index (χ2v) is 17.7. The van der Waals surface area contributed by atoms with E-state index in [9.17, 15) is 0 Å². The highest BCUT2D eigenvalue weighted by Gasteiger charge is 2.37. The molecule has 3 aliphatic carbocycles. The summed E-state index contributed by atoms with van der Waals surface area (Å²) in [5.41, 5.74) is 24.5. The maximum absolute atomic E-state index is 2.43. The number of hydrogen-bond acceptors (Lipinski definition) is 1. The van der Waals surface area contributed by atoms with Crippen LogP contribution in [0.15, 0.2) is 182 Å². The molecule has 0 spiro atoms. The summed E-state index contributed by atoms with van der Waals surface area (Å²) in [6.07, 6.45) is 6.76. The molecule has 0 N–H and O–H groups in total. The van der Waals surface area contributed by atoms with Gasteiger partial charge in [-0.3, -0.25) is 0 Å². The lowest BCUT2D eigenvalue weighted by atomic mass is 9.81. The minimum Gasteiger partial charge on any atom is -0.310 e. The first-order valence-electron chi connectivity index (χ1n) is 21.1. The third-order valence-electron chi connectivity index (χ3n) is 13.5. The fourth-order valence-corrected chi connectivity index (χ4v) is 10.3. The van der Waals surface area contributed by atoms with E-state index in [2.05, 4.69) is 221 Å². The van der Waals surface area contributed by atoms with Gasteiger partial charge in [0, 0.05) is 27.9 Å². The fraction of sp³-hybridized carbons (Fsp3) is 0.138. The van der Waals surface area contributed by atoms with Crippen molar-refractivity contribution in [2.24, 2.45) is 0 Å². The Bertz CT molecular complexity index is 2980. The van der Waals surface area contributed by atoms with E-state index in [1.165, 1.54) is 89.0 Å². The number of rotatable bonds is 6. The van der Waals surface area contributed by atoms with Gasteiger partial charge in [-0.2, -0.15) is 0 Å². The number of hydrogen-bond donors (Lipinski definition) is 0. The maximum Gasteiger partial charge on any atom is 0.0465 e. The zero-order valence-electron chi connectivity index (χ0n) is 34.3. The molecular weight excluding hydrogens is 711 g/mol. The van der Waals surface area contributed by atoms with Gasteiger partial charge in [0.25, 0.3) is 0 Å². The first kappa shape index (κ1) is 35.5. The van der Waals surface area contributed by atoms with Crippen LogP contribution in [0.25, 0.3) is 61.7 Å². The van der Waals surface area contributed by atoms with Gasteiger partial charge in [-0.1, -0.05) is 167 Å². The average molecular weight is 758 g/mol. The van der Waals surface area contributed by atoms with Gasteiger partial charge in [-0.05, 0) is 150 Å². The zero-order chi connectivity index (χ0) is 39.9. The normalized spacial score (nSPS) is 14.8. The SMILES string of the molecule is CC1(C)c2ccccc2-c2ccc(-c3ccc(N(c4ccc(-c5cccc(-c6ccc7c(c6)CCC=C7)c5)cc4)c4ccc5c(c4)C(C)(C)c4ccccc4-5)cc3)cc21. The molecule has 1 nitrogen and oxygen atoms in total. The third-order valence-corrected chi connectivity index (χ3v) is 13.5. The molecule has 0 saturated carbocycles. The molecule has 284 valence electrons. The lowest BCUT2D eigenvalue weighted by Gasteiger charge is -2.28. The lowest BCUT2D eigenvalue weighted by molar-refractivity contribution is 0.660. The van der Waals surface area contributed by atoms with Crippen molar-refractivity contribution in [1.82, 2.24) is 0 Å². The molecule has 0 amide bonds. The van der Waals surface area contributed by atoms with Crippen molar-refractivity contribution < 1.29 is 0 Å². The molecule has 0 radical (unpaired) electrons. The van der Waals surface area contributed by atoms with Crippen LogP contribution in [-0.4, -0.2) is 0 Å². The molecule has 0 saturated heterocycles. The number of anilines is 3. The quantitative estimate of drug-likeness (QED) is 0.163. The Balaban J connectivity index is 0.966. The van der Waals surface area contributed by atoms with Crippen LogP contribution in [0.3, 0.4) is 0 Å². The van der Waals surface area contributed by atoms with E-state index in [4.69, 9.17) is 0 Å². The molecule has 3 aliphatic rings. The first-order valence-corrected chi connectivity index (χ1v) is 21.1. The highest BCUT2D eigenvalue weighted by Crippen LogP contribution is 2.52. The van der Waals surface area contributed by atoms with Crippen molar-refractivity contribution in [3.8, 4) is 55.6 Å². The Morgan fingerprint density at radius 1 is 0.373 bits per heavy atom. The van der Waals surface area contributed by atoms with Crippen LogP contribution >= 0.6 is 0 Å². The van der Waals surface area contributed by atoms with Gasteiger partial charge in [-0.25, -0.2) is 0 Å². The fourth-order valence-electron chi connectivity index (χ4n) is 10.3. The number of aryl methyl sites for hydroxylation is 1. The predicted molar refractivity (Wildman–Crippen MR) is 250 cm³/mol. The van der Waals surface area contributed by atoms with Crippen molar-refractivity contribution in [3.63, 3.8) is 0 Å². The zero-order valence-corrected chi connectivity index (χ0v) is 34.3. The summed E-state index contributed by atoms with van der Waals surface area (Å²) in [6, 6.07) is 66.1. The summed E-state index contributed by atoms with van der Waals surface area (Å²) in [5.74, 6) is 0. The minimum atomic E-state index is -0.0951. The molecular formula is C58H47N. The number of nitrogens with zero attached hydrogens (tertiary/aromatic N) is 1. The smallest absolute Gasteiger partial charge is 0.0465 e. The molecule has 11 rings (SSSR count). The molecule has 0 aromatic heterocycles. The Morgan fingerprint density at radius 2 is 0.847 bits per heavy atom. The van der Waals surface area contributed by atoms with Crippen molar-refractivity contribution in [2.75, 3.05) is 4.90 Å². The van der Waals surface area contributed by atoms with Crippen molar-refractivity contribution in [3.05, 3.63) is 215 Å². The van der Waals surface area contributed by atoms with Crippen LogP contribution in [0.2, 0.25) is 0 Å². The summed E-state index contributed by atoms with van der Waals surface area (Å²) >= 11 is 0. The number of benzene rings is 8.